The molecule has 0 aliphatic rings. The largest absolute Gasteiger partial charge is 0.497 e. The van der Waals surface area contributed by atoms with Gasteiger partial charge in [-0.25, -0.2) is 0 Å². The number of rotatable bonds is 6. The molecule has 0 atom stereocenters. The molecular weight excluding hydrogens is 356 g/mol. The van der Waals surface area contributed by atoms with E-state index in [1.54, 1.807) is 26.4 Å². The van der Waals surface area contributed by atoms with Gasteiger partial charge in [-0.2, -0.15) is 0 Å². The van der Waals surface area contributed by atoms with Crippen molar-refractivity contribution in [2.75, 3.05) is 14.2 Å². The van der Waals surface area contributed by atoms with Crippen molar-refractivity contribution in [1.29, 1.82) is 0 Å². The molecule has 0 N–H and O–H groups in total. The van der Waals surface area contributed by atoms with Crippen LogP contribution in [0.2, 0.25) is 5.02 Å². The van der Waals surface area contributed by atoms with Crippen LogP contribution in [0.3, 0.4) is 0 Å². The minimum atomic E-state index is 0.431. The summed E-state index contributed by atoms with van der Waals surface area (Å²) < 4.78 is 16.4. The summed E-state index contributed by atoms with van der Waals surface area (Å²) in [6.45, 7) is 0.431. The lowest BCUT2D eigenvalue weighted by molar-refractivity contribution is 0.282. The number of alkyl halides is 1. The normalized spacial score (nSPS) is 10.3. The van der Waals surface area contributed by atoms with Crippen molar-refractivity contribution in [1.82, 2.24) is 0 Å². The highest BCUT2D eigenvalue weighted by atomic mass is 79.9. The molecule has 2 aromatic rings. The molecule has 0 heterocycles. The van der Waals surface area contributed by atoms with E-state index in [0.717, 1.165) is 16.9 Å². The van der Waals surface area contributed by atoms with Crippen molar-refractivity contribution in [3.63, 3.8) is 0 Å². The molecule has 21 heavy (non-hydrogen) atoms. The predicted molar refractivity (Wildman–Crippen MR) is 88.0 cm³/mol. The minimum absolute atomic E-state index is 0.431. The fourth-order valence-electron chi connectivity index (χ4n) is 1.90. The molecule has 0 saturated carbocycles. The Labute approximate surface area is 137 Å². The monoisotopic (exact) mass is 370 g/mol. The van der Waals surface area contributed by atoms with Gasteiger partial charge in [0.1, 0.15) is 12.4 Å². The summed E-state index contributed by atoms with van der Waals surface area (Å²) in [6.07, 6.45) is 0. The van der Waals surface area contributed by atoms with Crippen molar-refractivity contribution in [2.24, 2.45) is 0 Å². The van der Waals surface area contributed by atoms with Crippen LogP contribution in [-0.4, -0.2) is 14.2 Å². The lowest BCUT2D eigenvalue weighted by atomic mass is 10.2. The highest BCUT2D eigenvalue weighted by Crippen LogP contribution is 2.37. The summed E-state index contributed by atoms with van der Waals surface area (Å²) in [6, 6.07) is 11.3. The number of hydrogen-bond donors (Lipinski definition) is 0. The van der Waals surface area contributed by atoms with E-state index in [0.29, 0.717) is 28.5 Å². The van der Waals surface area contributed by atoms with Crippen molar-refractivity contribution < 1.29 is 14.2 Å². The zero-order valence-corrected chi connectivity index (χ0v) is 14.2. The topological polar surface area (TPSA) is 27.7 Å². The van der Waals surface area contributed by atoms with E-state index in [1.807, 2.05) is 24.3 Å². The zero-order valence-electron chi connectivity index (χ0n) is 11.9. The third-order valence-electron chi connectivity index (χ3n) is 3.06. The molecule has 0 radical (unpaired) electrons. The van der Waals surface area contributed by atoms with E-state index in [2.05, 4.69) is 15.9 Å². The van der Waals surface area contributed by atoms with Crippen LogP contribution in [-0.2, 0) is 11.9 Å². The van der Waals surface area contributed by atoms with Crippen LogP contribution >= 0.6 is 27.5 Å². The van der Waals surface area contributed by atoms with Gasteiger partial charge in [-0.15, -0.1) is 0 Å². The van der Waals surface area contributed by atoms with Crippen LogP contribution in [0.5, 0.6) is 17.2 Å². The van der Waals surface area contributed by atoms with Crippen LogP contribution in [0.15, 0.2) is 36.4 Å². The van der Waals surface area contributed by atoms with Crippen LogP contribution < -0.4 is 14.2 Å². The first-order valence-corrected chi connectivity index (χ1v) is 7.86. The second-order valence-corrected chi connectivity index (χ2v) is 5.30. The number of ether oxygens (including phenoxy) is 3. The first-order chi connectivity index (χ1) is 10.2. The molecule has 2 rings (SSSR count). The van der Waals surface area contributed by atoms with E-state index in [-0.39, 0.29) is 0 Å². The molecule has 0 aliphatic carbocycles. The summed E-state index contributed by atoms with van der Waals surface area (Å²) in [5.41, 5.74) is 1.92. The molecule has 0 bridgehead atoms. The van der Waals surface area contributed by atoms with Crippen molar-refractivity contribution >= 4 is 27.5 Å². The van der Waals surface area contributed by atoms with E-state index in [9.17, 15) is 0 Å². The maximum Gasteiger partial charge on any atom is 0.167 e. The lowest BCUT2D eigenvalue weighted by Gasteiger charge is -2.15. The SMILES string of the molecule is COc1ccc(COc2c(OC)ccc(Cl)c2CBr)cc1. The zero-order chi connectivity index (χ0) is 15.2. The highest BCUT2D eigenvalue weighted by molar-refractivity contribution is 9.08. The lowest BCUT2D eigenvalue weighted by Crippen LogP contribution is -2.01. The third-order valence-corrected chi connectivity index (χ3v) is 3.98. The molecule has 0 amide bonds. The molecule has 0 aliphatic heterocycles. The molecule has 0 fully saturated rings. The summed E-state index contributed by atoms with van der Waals surface area (Å²) >= 11 is 9.63. The Hall–Kier alpha value is -1.39. The molecule has 0 spiro atoms. The number of halogens is 2. The first kappa shape index (κ1) is 16.0. The summed E-state index contributed by atoms with van der Waals surface area (Å²) in [5.74, 6) is 2.15. The molecule has 3 nitrogen and oxygen atoms in total. The van der Waals surface area contributed by atoms with E-state index < -0.39 is 0 Å². The van der Waals surface area contributed by atoms with Gasteiger partial charge in [0.2, 0.25) is 0 Å². The minimum Gasteiger partial charge on any atom is -0.497 e. The van der Waals surface area contributed by atoms with E-state index in [4.69, 9.17) is 25.8 Å². The molecule has 0 unspecified atom stereocenters. The summed E-state index contributed by atoms with van der Waals surface area (Å²) in [4.78, 5) is 0. The van der Waals surface area contributed by atoms with Gasteiger partial charge in [-0.05, 0) is 29.8 Å². The number of hydrogen-bond acceptors (Lipinski definition) is 3. The second kappa shape index (κ2) is 7.57. The van der Waals surface area contributed by atoms with Gasteiger partial charge in [0.05, 0.1) is 14.2 Å². The smallest absolute Gasteiger partial charge is 0.167 e. The van der Waals surface area contributed by atoms with Gasteiger partial charge in [-0.1, -0.05) is 39.7 Å². The van der Waals surface area contributed by atoms with Gasteiger partial charge in [-0.3, -0.25) is 0 Å². The van der Waals surface area contributed by atoms with Gasteiger partial charge < -0.3 is 14.2 Å². The number of benzene rings is 2. The predicted octanol–water partition coefficient (Wildman–Crippen LogP) is 4.83. The maximum absolute atomic E-state index is 6.20. The Morgan fingerprint density at radius 3 is 2.29 bits per heavy atom. The third kappa shape index (κ3) is 3.83. The first-order valence-electron chi connectivity index (χ1n) is 6.36. The van der Waals surface area contributed by atoms with Gasteiger partial charge in [0.25, 0.3) is 0 Å². The number of methoxy groups -OCH3 is 2. The molecule has 2 aromatic carbocycles. The summed E-state index contributed by atoms with van der Waals surface area (Å²) in [7, 11) is 3.26. The van der Waals surface area contributed by atoms with Gasteiger partial charge in [0, 0.05) is 15.9 Å². The maximum atomic E-state index is 6.20. The standard InChI is InChI=1S/C16H16BrClO3/c1-19-12-5-3-11(4-6-12)10-21-16-13(9-17)14(18)7-8-15(16)20-2/h3-8H,9-10H2,1-2H3. The molecule has 0 aromatic heterocycles. The quantitative estimate of drug-likeness (QED) is 0.681. The average molecular weight is 372 g/mol. The average Bonchev–Trinajstić information content (AvgIpc) is 2.53. The van der Waals surface area contributed by atoms with Crippen molar-refractivity contribution in [2.45, 2.75) is 11.9 Å². The Morgan fingerprint density at radius 2 is 1.71 bits per heavy atom. The molecule has 5 heteroatoms. The Bertz CT molecular complexity index is 599. The Kier molecular flexibility index (Phi) is 5.76. The molecule has 112 valence electrons. The Morgan fingerprint density at radius 1 is 1.00 bits per heavy atom. The molecule has 0 saturated heterocycles. The van der Waals surface area contributed by atoms with Crippen molar-refractivity contribution in [3.05, 3.63) is 52.5 Å². The Balaban J connectivity index is 2.20. The molecular formula is C16H16BrClO3. The highest BCUT2D eigenvalue weighted by Gasteiger charge is 2.14. The fourth-order valence-corrected chi connectivity index (χ4v) is 2.84. The summed E-state index contributed by atoms with van der Waals surface area (Å²) in [5, 5.41) is 1.25. The van der Waals surface area contributed by atoms with E-state index >= 15 is 0 Å². The van der Waals surface area contributed by atoms with Crippen LogP contribution in [0.4, 0.5) is 0 Å². The van der Waals surface area contributed by atoms with Crippen LogP contribution in [0, 0.1) is 0 Å². The van der Waals surface area contributed by atoms with Gasteiger partial charge in [0.15, 0.2) is 11.5 Å². The van der Waals surface area contributed by atoms with Crippen LogP contribution in [0.25, 0.3) is 0 Å². The van der Waals surface area contributed by atoms with E-state index in [1.165, 1.54) is 0 Å². The van der Waals surface area contributed by atoms with Crippen LogP contribution in [0.1, 0.15) is 11.1 Å². The van der Waals surface area contributed by atoms with Crippen molar-refractivity contribution in [3.8, 4) is 17.2 Å². The van der Waals surface area contributed by atoms with Gasteiger partial charge >= 0.3 is 0 Å². The second-order valence-electron chi connectivity index (χ2n) is 4.33. The fraction of sp³-hybridized carbons (Fsp3) is 0.250.